The Labute approximate surface area is 91.4 Å². The lowest BCUT2D eigenvalue weighted by atomic mass is 10.4. The van der Waals surface area contributed by atoms with Gasteiger partial charge in [-0.2, -0.15) is 4.98 Å². The van der Waals surface area contributed by atoms with Crippen LogP contribution in [0.5, 0.6) is 0 Å². The zero-order valence-electron chi connectivity index (χ0n) is 8.72. The Kier molecular flexibility index (Phi) is 2.14. The zero-order valence-corrected chi connectivity index (χ0v) is 8.72. The van der Waals surface area contributed by atoms with Crippen molar-refractivity contribution in [3.63, 3.8) is 0 Å². The molecule has 0 amide bonds. The molecule has 16 heavy (non-hydrogen) atoms. The lowest BCUT2D eigenvalue weighted by molar-refractivity contribution is 0.122. The second kappa shape index (κ2) is 3.64. The van der Waals surface area contributed by atoms with Gasteiger partial charge in [0.05, 0.1) is 13.2 Å². The summed E-state index contributed by atoms with van der Waals surface area (Å²) < 4.78 is 6.98. The minimum atomic E-state index is -0.329. The quantitative estimate of drug-likeness (QED) is 0.726. The van der Waals surface area contributed by atoms with E-state index >= 15 is 0 Å². The molecule has 0 spiro atoms. The highest BCUT2D eigenvalue weighted by atomic mass is 16.5. The third-order valence-corrected chi connectivity index (χ3v) is 2.71. The maximum Gasteiger partial charge on any atom is 0.362 e. The molecule has 2 aromatic heterocycles. The largest absolute Gasteiger partial charge is 0.378 e. The highest BCUT2D eigenvalue weighted by Gasteiger charge is 2.16. The molecule has 0 bridgehead atoms. The fourth-order valence-electron chi connectivity index (χ4n) is 1.95. The van der Waals surface area contributed by atoms with Crippen molar-refractivity contribution < 1.29 is 4.74 Å². The first-order valence-electron chi connectivity index (χ1n) is 5.25. The van der Waals surface area contributed by atoms with Gasteiger partial charge in [-0.15, -0.1) is 0 Å². The maximum atomic E-state index is 11.4. The van der Waals surface area contributed by atoms with Gasteiger partial charge in [-0.1, -0.05) is 0 Å². The fourth-order valence-corrected chi connectivity index (χ4v) is 1.95. The molecular weight excluding hydrogens is 208 g/mol. The van der Waals surface area contributed by atoms with Crippen molar-refractivity contribution in [2.24, 2.45) is 0 Å². The summed E-state index contributed by atoms with van der Waals surface area (Å²) in [4.78, 5) is 17.5. The number of nitrogens with one attached hydrogen (secondary N) is 1. The highest BCUT2D eigenvalue weighted by Crippen LogP contribution is 2.17. The lowest BCUT2D eigenvalue weighted by Crippen LogP contribution is -2.38. The minimum Gasteiger partial charge on any atom is -0.378 e. The van der Waals surface area contributed by atoms with Gasteiger partial charge in [-0.3, -0.25) is 4.52 Å². The van der Waals surface area contributed by atoms with Crippen LogP contribution >= 0.6 is 0 Å². The summed E-state index contributed by atoms with van der Waals surface area (Å²) in [7, 11) is 0. The fraction of sp³-hybridized carbons (Fsp3) is 0.400. The maximum absolute atomic E-state index is 11.4. The molecule has 0 aromatic carbocycles. The Hall–Kier alpha value is -1.82. The van der Waals surface area contributed by atoms with E-state index in [0.29, 0.717) is 13.2 Å². The number of nitrogens with zero attached hydrogens (tertiary/aromatic N) is 3. The molecule has 3 rings (SSSR count). The molecule has 1 aliphatic heterocycles. The second-order valence-corrected chi connectivity index (χ2v) is 3.72. The first-order chi connectivity index (χ1) is 7.84. The molecule has 1 N–H and O–H groups in total. The summed E-state index contributed by atoms with van der Waals surface area (Å²) in [5, 5.41) is 2.64. The SMILES string of the molecule is O=c1nc(N2CCOCC2)c2cccn2[nH]1. The van der Waals surface area contributed by atoms with Gasteiger partial charge in [0.1, 0.15) is 5.52 Å². The Balaban J connectivity index is 2.13. The Morgan fingerprint density at radius 2 is 2.19 bits per heavy atom. The summed E-state index contributed by atoms with van der Waals surface area (Å²) in [5.74, 6) is 0.733. The number of ether oxygens (including phenoxy) is 1. The molecular formula is C10H12N4O2. The third-order valence-electron chi connectivity index (χ3n) is 2.71. The van der Waals surface area contributed by atoms with Gasteiger partial charge in [0.25, 0.3) is 0 Å². The smallest absolute Gasteiger partial charge is 0.362 e. The summed E-state index contributed by atoms with van der Waals surface area (Å²) in [6.07, 6.45) is 1.81. The van der Waals surface area contributed by atoms with E-state index < -0.39 is 0 Å². The number of anilines is 1. The van der Waals surface area contributed by atoms with Crippen LogP contribution in [0.2, 0.25) is 0 Å². The number of H-pyrrole nitrogens is 1. The van der Waals surface area contributed by atoms with Gasteiger partial charge >= 0.3 is 5.69 Å². The van der Waals surface area contributed by atoms with Crippen molar-refractivity contribution >= 4 is 11.3 Å². The average Bonchev–Trinajstić information content (AvgIpc) is 2.77. The molecule has 2 aromatic rings. The Morgan fingerprint density at radius 1 is 1.38 bits per heavy atom. The first-order valence-corrected chi connectivity index (χ1v) is 5.25. The van der Waals surface area contributed by atoms with E-state index in [-0.39, 0.29) is 5.69 Å². The van der Waals surface area contributed by atoms with E-state index in [1.165, 1.54) is 0 Å². The van der Waals surface area contributed by atoms with Crippen molar-refractivity contribution in [1.29, 1.82) is 0 Å². The minimum absolute atomic E-state index is 0.329. The van der Waals surface area contributed by atoms with Crippen molar-refractivity contribution in [3.8, 4) is 0 Å². The van der Waals surface area contributed by atoms with Crippen LogP contribution < -0.4 is 10.6 Å². The number of aromatic nitrogens is 3. The van der Waals surface area contributed by atoms with Crippen LogP contribution in [0.4, 0.5) is 5.82 Å². The molecule has 84 valence electrons. The Bertz CT molecular complexity index is 553. The van der Waals surface area contributed by atoms with Crippen molar-refractivity contribution in [2.45, 2.75) is 0 Å². The van der Waals surface area contributed by atoms with E-state index in [9.17, 15) is 4.79 Å². The molecule has 6 heteroatoms. The number of hydrogen-bond donors (Lipinski definition) is 1. The second-order valence-electron chi connectivity index (χ2n) is 3.72. The van der Waals surface area contributed by atoms with E-state index in [1.54, 1.807) is 4.52 Å². The molecule has 0 saturated carbocycles. The molecule has 1 fully saturated rings. The van der Waals surface area contributed by atoms with Crippen LogP contribution in [0.25, 0.3) is 5.52 Å². The number of rotatable bonds is 1. The molecule has 0 unspecified atom stereocenters. The van der Waals surface area contributed by atoms with Gasteiger partial charge in [0.2, 0.25) is 0 Å². The predicted octanol–water partition coefficient (Wildman–Crippen LogP) is -0.141. The molecule has 0 atom stereocenters. The van der Waals surface area contributed by atoms with Gasteiger partial charge in [0.15, 0.2) is 5.82 Å². The molecule has 3 heterocycles. The monoisotopic (exact) mass is 220 g/mol. The lowest BCUT2D eigenvalue weighted by Gasteiger charge is -2.27. The van der Waals surface area contributed by atoms with Crippen molar-refractivity contribution in [1.82, 2.24) is 14.6 Å². The number of hydrogen-bond acceptors (Lipinski definition) is 4. The van der Waals surface area contributed by atoms with Crippen LogP contribution in [-0.2, 0) is 4.74 Å². The van der Waals surface area contributed by atoms with E-state index in [1.807, 2.05) is 18.3 Å². The summed E-state index contributed by atoms with van der Waals surface area (Å²) in [6.45, 7) is 2.91. The summed E-state index contributed by atoms with van der Waals surface area (Å²) in [5.41, 5.74) is 0.590. The number of morpholine rings is 1. The van der Waals surface area contributed by atoms with Crippen LogP contribution in [0.1, 0.15) is 0 Å². The molecule has 1 aliphatic rings. The van der Waals surface area contributed by atoms with E-state index in [4.69, 9.17) is 4.74 Å². The highest BCUT2D eigenvalue weighted by molar-refractivity contribution is 5.68. The summed E-state index contributed by atoms with van der Waals surface area (Å²) in [6, 6.07) is 3.82. The van der Waals surface area contributed by atoms with E-state index in [2.05, 4.69) is 15.0 Å². The van der Waals surface area contributed by atoms with Crippen LogP contribution in [0, 0.1) is 0 Å². The zero-order chi connectivity index (χ0) is 11.0. The normalized spacial score (nSPS) is 16.9. The standard InChI is InChI=1S/C10H12N4O2/c15-10-11-9(13-4-6-16-7-5-13)8-2-1-3-14(8)12-10/h1-3H,4-7H2,(H,12,15). The number of fused-ring (bicyclic) bond motifs is 1. The van der Waals surface area contributed by atoms with Gasteiger partial charge in [-0.25, -0.2) is 9.89 Å². The molecule has 0 radical (unpaired) electrons. The third kappa shape index (κ3) is 1.47. The van der Waals surface area contributed by atoms with Crippen LogP contribution in [0.15, 0.2) is 23.1 Å². The first kappa shape index (κ1) is 9.41. The number of aromatic amines is 1. The van der Waals surface area contributed by atoms with Gasteiger partial charge in [-0.05, 0) is 12.1 Å². The van der Waals surface area contributed by atoms with Crippen LogP contribution in [-0.4, -0.2) is 40.9 Å². The molecule has 1 saturated heterocycles. The van der Waals surface area contributed by atoms with Crippen molar-refractivity contribution in [2.75, 3.05) is 31.2 Å². The molecule has 0 aliphatic carbocycles. The van der Waals surface area contributed by atoms with Gasteiger partial charge < -0.3 is 9.64 Å². The summed E-state index contributed by atoms with van der Waals surface area (Å²) >= 11 is 0. The van der Waals surface area contributed by atoms with Crippen LogP contribution in [0.3, 0.4) is 0 Å². The van der Waals surface area contributed by atoms with Crippen molar-refractivity contribution in [3.05, 3.63) is 28.8 Å². The predicted molar refractivity (Wildman–Crippen MR) is 58.8 cm³/mol. The molecule has 6 nitrogen and oxygen atoms in total. The van der Waals surface area contributed by atoms with Gasteiger partial charge in [0, 0.05) is 19.3 Å². The topological polar surface area (TPSA) is 62.6 Å². The average molecular weight is 220 g/mol. The Morgan fingerprint density at radius 3 is 3.00 bits per heavy atom. The van der Waals surface area contributed by atoms with E-state index in [0.717, 1.165) is 24.4 Å².